The van der Waals surface area contributed by atoms with Crippen molar-refractivity contribution in [3.63, 3.8) is 0 Å². The van der Waals surface area contributed by atoms with Crippen LogP contribution >= 0.6 is 11.6 Å². The largest absolute Gasteiger partial charge is 0.341 e. The first-order chi connectivity index (χ1) is 4.95. The maximum atomic E-state index is 11.1. The molecule has 0 fully saturated rings. The summed E-state index contributed by atoms with van der Waals surface area (Å²) in [5.74, 6) is -0.0605. The third-order valence-corrected chi connectivity index (χ3v) is 1.41. The molecule has 11 heavy (non-hydrogen) atoms. The first-order valence-electron chi connectivity index (χ1n) is 3.48. The molecule has 0 aliphatic carbocycles. The van der Waals surface area contributed by atoms with E-state index >= 15 is 0 Å². The molecule has 0 heterocycles. The van der Waals surface area contributed by atoms with Crippen molar-refractivity contribution in [1.82, 2.24) is 4.90 Å². The van der Waals surface area contributed by atoms with Crippen LogP contribution in [0.15, 0.2) is 12.2 Å². The predicted octanol–water partition coefficient (Wildman–Crippen LogP) is 1.65. The summed E-state index contributed by atoms with van der Waals surface area (Å²) in [6, 6.07) is 0. The van der Waals surface area contributed by atoms with E-state index in [1.54, 1.807) is 18.9 Å². The molecule has 1 amide bonds. The lowest BCUT2D eigenvalue weighted by Crippen LogP contribution is -2.33. The van der Waals surface area contributed by atoms with Crippen molar-refractivity contribution in [3.8, 4) is 0 Å². The van der Waals surface area contributed by atoms with Crippen molar-refractivity contribution in [2.45, 2.75) is 19.2 Å². The summed E-state index contributed by atoms with van der Waals surface area (Å²) in [5, 5.41) is -0.445. The number of amides is 1. The Labute approximate surface area is 72.8 Å². The summed E-state index contributed by atoms with van der Waals surface area (Å²) >= 11 is 5.59. The third-order valence-electron chi connectivity index (χ3n) is 1.22. The van der Waals surface area contributed by atoms with Gasteiger partial charge in [-0.3, -0.25) is 4.79 Å². The monoisotopic (exact) mass is 175 g/mol. The maximum Gasteiger partial charge on any atom is 0.240 e. The van der Waals surface area contributed by atoms with Gasteiger partial charge in [0.25, 0.3) is 0 Å². The van der Waals surface area contributed by atoms with Gasteiger partial charge in [-0.25, -0.2) is 0 Å². The van der Waals surface area contributed by atoms with Crippen LogP contribution in [0.2, 0.25) is 0 Å². The van der Waals surface area contributed by atoms with Crippen molar-refractivity contribution >= 4 is 17.5 Å². The van der Waals surface area contributed by atoms with Gasteiger partial charge in [-0.1, -0.05) is 12.2 Å². The predicted molar refractivity (Wildman–Crippen MR) is 47.8 cm³/mol. The van der Waals surface area contributed by atoms with Crippen LogP contribution in [0.1, 0.15) is 13.8 Å². The van der Waals surface area contributed by atoms with Gasteiger partial charge in [-0.05, 0) is 13.8 Å². The van der Waals surface area contributed by atoms with Gasteiger partial charge in [0, 0.05) is 13.6 Å². The lowest BCUT2D eigenvalue weighted by Gasteiger charge is -2.17. The Morgan fingerprint density at radius 2 is 2.18 bits per heavy atom. The molecule has 0 aromatic carbocycles. The molecule has 1 atom stereocenters. The zero-order valence-corrected chi connectivity index (χ0v) is 7.98. The zero-order chi connectivity index (χ0) is 9.02. The zero-order valence-electron chi connectivity index (χ0n) is 7.22. The number of likely N-dealkylation sites (N-methyl/N-ethyl adjacent to an activating group) is 1. The average molecular weight is 176 g/mol. The fraction of sp³-hybridized carbons (Fsp3) is 0.625. The molecule has 1 unspecified atom stereocenters. The van der Waals surface area contributed by atoms with Crippen LogP contribution in [-0.2, 0) is 4.79 Å². The molecule has 0 N–H and O–H groups in total. The Hall–Kier alpha value is -0.500. The molecule has 0 aromatic heterocycles. The standard InChI is InChI=1S/C8H14ClNO/c1-6(2)5-10(4)8(11)7(3)9/h7H,1,5H2,2-4H3. The first-order valence-corrected chi connectivity index (χ1v) is 3.92. The molecule has 0 radical (unpaired) electrons. The summed E-state index contributed by atoms with van der Waals surface area (Å²) in [7, 11) is 1.72. The van der Waals surface area contributed by atoms with Gasteiger partial charge in [0.2, 0.25) is 5.91 Å². The van der Waals surface area contributed by atoms with Crippen LogP contribution in [0.5, 0.6) is 0 Å². The molecule has 0 rings (SSSR count). The van der Waals surface area contributed by atoms with Crippen molar-refractivity contribution in [3.05, 3.63) is 12.2 Å². The quantitative estimate of drug-likeness (QED) is 0.472. The number of carbonyl (C=O) groups excluding carboxylic acids is 1. The molecule has 3 heteroatoms. The highest BCUT2D eigenvalue weighted by Crippen LogP contribution is 2.01. The van der Waals surface area contributed by atoms with Crippen molar-refractivity contribution in [1.29, 1.82) is 0 Å². The number of rotatable bonds is 3. The SMILES string of the molecule is C=C(C)CN(C)C(=O)C(C)Cl. The van der Waals surface area contributed by atoms with Gasteiger partial charge in [0.15, 0.2) is 0 Å². The molecule has 64 valence electrons. The van der Waals surface area contributed by atoms with Crippen LogP contribution in [-0.4, -0.2) is 29.8 Å². The van der Waals surface area contributed by atoms with Crippen molar-refractivity contribution < 1.29 is 4.79 Å². The van der Waals surface area contributed by atoms with Gasteiger partial charge in [0.1, 0.15) is 5.38 Å². The van der Waals surface area contributed by atoms with Gasteiger partial charge in [-0.15, -0.1) is 11.6 Å². The Bertz CT molecular complexity index is 165. The second-order valence-corrected chi connectivity index (χ2v) is 3.42. The highest BCUT2D eigenvalue weighted by Gasteiger charge is 2.13. The van der Waals surface area contributed by atoms with E-state index < -0.39 is 5.38 Å². The summed E-state index contributed by atoms with van der Waals surface area (Å²) in [6.45, 7) is 7.82. The maximum absolute atomic E-state index is 11.1. The fourth-order valence-electron chi connectivity index (χ4n) is 0.786. The van der Waals surface area contributed by atoms with Crippen LogP contribution in [0.4, 0.5) is 0 Å². The van der Waals surface area contributed by atoms with Gasteiger partial charge in [0.05, 0.1) is 0 Å². The fourth-order valence-corrected chi connectivity index (χ4v) is 0.953. The summed E-state index contributed by atoms with van der Waals surface area (Å²) in [6.07, 6.45) is 0. The van der Waals surface area contributed by atoms with Crippen LogP contribution < -0.4 is 0 Å². The molecule has 0 aromatic rings. The van der Waals surface area contributed by atoms with E-state index in [0.29, 0.717) is 6.54 Å². The van der Waals surface area contributed by atoms with Crippen molar-refractivity contribution in [2.75, 3.05) is 13.6 Å². The van der Waals surface area contributed by atoms with Crippen LogP contribution in [0.25, 0.3) is 0 Å². The third kappa shape index (κ3) is 4.04. The summed E-state index contributed by atoms with van der Waals surface area (Å²) in [5.41, 5.74) is 0.957. The highest BCUT2D eigenvalue weighted by molar-refractivity contribution is 6.30. The Morgan fingerprint density at radius 3 is 2.45 bits per heavy atom. The molecule has 2 nitrogen and oxygen atoms in total. The number of hydrogen-bond donors (Lipinski definition) is 0. The lowest BCUT2D eigenvalue weighted by molar-refractivity contribution is -0.128. The van der Waals surface area contributed by atoms with E-state index in [9.17, 15) is 4.79 Å². The highest BCUT2D eigenvalue weighted by atomic mass is 35.5. The average Bonchev–Trinajstić information content (AvgIpc) is 1.84. The van der Waals surface area contributed by atoms with Crippen LogP contribution in [0.3, 0.4) is 0 Å². The van der Waals surface area contributed by atoms with Gasteiger partial charge >= 0.3 is 0 Å². The smallest absolute Gasteiger partial charge is 0.240 e. The molecule has 0 aliphatic rings. The molecule has 0 spiro atoms. The van der Waals surface area contributed by atoms with Crippen LogP contribution in [0, 0.1) is 0 Å². The van der Waals surface area contributed by atoms with Gasteiger partial charge in [-0.2, -0.15) is 0 Å². The number of nitrogens with zero attached hydrogens (tertiary/aromatic N) is 1. The van der Waals surface area contributed by atoms with E-state index in [0.717, 1.165) is 5.57 Å². The lowest BCUT2D eigenvalue weighted by atomic mass is 10.3. The number of halogens is 1. The number of alkyl halides is 1. The molecular formula is C8H14ClNO. The minimum atomic E-state index is -0.445. The van der Waals surface area contributed by atoms with E-state index in [4.69, 9.17) is 11.6 Å². The summed E-state index contributed by atoms with van der Waals surface area (Å²) < 4.78 is 0. The number of hydrogen-bond acceptors (Lipinski definition) is 1. The molecule has 0 aliphatic heterocycles. The normalized spacial score (nSPS) is 12.4. The second-order valence-electron chi connectivity index (χ2n) is 2.77. The van der Waals surface area contributed by atoms with E-state index in [1.165, 1.54) is 0 Å². The molecule has 0 saturated heterocycles. The Morgan fingerprint density at radius 1 is 1.73 bits per heavy atom. The Kier molecular flexibility index (Phi) is 4.19. The minimum Gasteiger partial charge on any atom is -0.341 e. The molecular weight excluding hydrogens is 162 g/mol. The first kappa shape index (κ1) is 10.5. The second kappa shape index (κ2) is 4.39. The number of carbonyl (C=O) groups is 1. The summed E-state index contributed by atoms with van der Waals surface area (Å²) in [4.78, 5) is 12.7. The van der Waals surface area contributed by atoms with Gasteiger partial charge < -0.3 is 4.90 Å². The Balaban J connectivity index is 3.93. The van der Waals surface area contributed by atoms with E-state index in [1.807, 2.05) is 6.92 Å². The molecule has 0 bridgehead atoms. The minimum absolute atomic E-state index is 0.0605. The topological polar surface area (TPSA) is 20.3 Å². The van der Waals surface area contributed by atoms with E-state index in [-0.39, 0.29) is 5.91 Å². The van der Waals surface area contributed by atoms with E-state index in [2.05, 4.69) is 6.58 Å². The molecule has 0 saturated carbocycles. The van der Waals surface area contributed by atoms with Crippen molar-refractivity contribution in [2.24, 2.45) is 0 Å².